The molecule has 0 amide bonds. The van der Waals surface area contributed by atoms with Gasteiger partial charge in [-0.2, -0.15) is 0 Å². The second kappa shape index (κ2) is 11.2. The second-order valence-electron chi connectivity index (χ2n) is 11.8. The van der Waals surface area contributed by atoms with Gasteiger partial charge in [-0.3, -0.25) is 4.57 Å². The van der Waals surface area contributed by atoms with E-state index < -0.39 is 0 Å². The molecule has 4 aromatic heterocycles. The van der Waals surface area contributed by atoms with Crippen molar-refractivity contribution in [1.29, 1.82) is 0 Å². The minimum absolute atomic E-state index is 0.744. The van der Waals surface area contributed by atoms with Crippen molar-refractivity contribution < 1.29 is 0 Å². The Labute approximate surface area is 272 Å². The Morgan fingerprint density at radius 1 is 0.489 bits per heavy atom. The minimum Gasteiger partial charge on any atom is -0.385 e. The van der Waals surface area contributed by atoms with Gasteiger partial charge in [0.05, 0.1) is 46.2 Å². The summed E-state index contributed by atoms with van der Waals surface area (Å²) in [6, 6.07) is 50.5. The van der Waals surface area contributed by atoms with Gasteiger partial charge in [0.15, 0.2) is 0 Å². The van der Waals surface area contributed by atoms with Crippen molar-refractivity contribution >= 4 is 27.8 Å². The monoisotopic (exact) mass is 603 g/mol. The van der Waals surface area contributed by atoms with Crippen molar-refractivity contribution in [3.63, 3.8) is 0 Å². The van der Waals surface area contributed by atoms with Crippen molar-refractivity contribution in [3.8, 4) is 51.0 Å². The number of benzene rings is 4. The normalized spacial score (nSPS) is 12.3. The van der Waals surface area contributed by atoms with Crippen molar-refractivity contribution in [1.82, 2.24) is 24.8 Å². The Bertz CT molecular complexity index is 2470. The van der Waals surface area contributed by atoms with Gasteiger partial charge in [-0.15, -0.1) is 0 Å². The first-order chi connectivity index (χ1) is 23.3. The number of pyridine rings is 3. The fourth-order valence-electron chi connectivity index (χ4n) is 6.59. The number of rotatable bonds is 5. The molecule has 0 saturated carbocycles. The number of fused-ring (bicyclic) bond motifs is 4. The summed E-state index contributed by atoms with van der Waals surface area (Å²) in [4.78, 5) is 15.2. The number of nitrogens with one attached hydrogen (secondary N) is 1. The molecule has 0 radical (unpaired) electrons. The molecule has 5 nitrogen and oxygen atoms in total. The van der Waals surface area contributed by atoms with Gasteiger partial charge in [0.2, 0.25) is 0 Å². The maximum Gasteiger partial charge on any atom is 0.138 e. The zero-order valence-electron chi connectivity index (χ0n) is 25.5. The molecule has 9 rings (SSSR count). The third-order valence-electron chi connectivity index (χ3n) is 8.90. The zero-order chi connectivity index (χ0) is 31.2. The van der Waals surface area contributed by atoms with Crippen LogP contribution < -0.4 is 5.32 Å². The molecule has 47 heavy (non-hydrogen) atoms. The third-order valence-corrected chi connectivity index (χ3v) is 8.90. The first-order valence-electron chi connectivity index (χ1n) is 15.8. The van der Waals surface area contributed by atoms with Crippen LogP contribution in [0.2, 0.25) is 0 Å². The molecule has 4 aromatic carbocycles. The molecule has 0 fully saturated rings. The van der Waals surface area contributed by atoms with Crippen molar-refractivity contribution in [2.75, 3.05) is 0 Å². The van der Waals surface area contributed by atoms with Crippen molar-refractivity contribution in [2.45, 2.75) is 6.54 Å². The summed E-state index contributed by atoms with van der Waals surface area (Å²) >= 11 is 0. The molecular formula is C42H29N5. The van der Waals surface area contributed by atoms with Crippen LogP contribution in [0.3, 0.4) is 0 Å². The van der Waals surface area contributed by atoms with E-state index >= 15 is 0 Å². The number of hydrogen-bond acceptors (Lipinski definition) is 4. The molecule has 5 heteroatoms. The van der Waals surface area contributed by atoms with Crippen LogP contribution in [0.25, 0.3) is 78.7 Å². The van der Waals surface area contributed by atoms with Crippen LogP contribution in [0.15, 0.2) is 152 Å². The highest BCUT2D eigenvalue weighted by Crippen LogP contribution is 2.33. The molecule has 0 bridgehead atoms. The van der Waals surface area contributed by atoms with Gasteiger partial charge in [0.1, 0.15) is 5.82 Å². The minimum atomic E-state index is 0.744. The highest BCUT2D eigenvalue weighted by molar-refractivity contribution is 5.93. The van der Waals surface area contributed by atoms with E-state index in [1.165, 1.54) is 38.5 Å². The first kappa shape index (κ1) is 27.0. The summed E-state index contributed by atoms with van der Waals surface area (Å²) in [5, 5.41) is 7.08. The zero-order valence-corrected chi connectivity index (χ0v) is 25.5. The smallest absolute Gasteiger partial charge is 0.138 e. The Morgan fingerprint density at radius 2 is 1.11 bits per heavy atom. The van der Waals surface area contributed by atoms with E-state index in [0.717, 1.165) is 51.9 Å². The molecule has 8 aromatic rings. The number of hydrogen-bond donors (Lipinski definition) is 1. The summed E-state index contributed by atoms with van der Waals surface area (Å²) < 4.78 is 2.25. The van der Waals surface area contributed by atoms with Crippen molar-refractivity contribution in [3.05, 3.63) is 163 Å². The first-order valence-corrected chi connectivity index (χ1v) is 15.8. The van der Waals surface area contributed by atoms with Gasteiger partial charge in [-0.25, -0.2) is 15.0 Å². The molecule has 5 heterocycles. The lowest BCUT2D eigenvalue weighted by atomic mass is 9.99. The summed E-state index contributed by atoms with van der Waals surface area (Å²) in [5.41, 5.74) is 11.2. The molecule has 0 saturated heterocycles. The highest BCUT2D eigenvalue weighted by Gasteiger charge is 2.19. The molecule has 0 spiro atoms. The highest BCUT2D eigenvalue weighted by atomic mass is 15.1. The average Bonchev–Trinajstić information content (AvgIpc) is 3.49. The topological polar surface area (TPSA) is 55.6 Å². The Kier molecular flexibility index (Phi) is 6.46. The average molecular weight is 604 g/mol. The SMILES string of the molecule is C1=Cc2c(n(-c3cccc(-c4cccc(-c5cccc(-c6ccc(-c7ccc8ccccc8c7)cc6)n5)n4)n3)c3ccccc23)CN1. The quantitative estimate of drug-likeness (QED) is 0.213. The molecule has 222 valence electrons. The van der Waals surface area contributed by atoms with Gasteiger partial charge in [0, 0.05) is 16.5 Å². The second-order valence-corrected chi connectivity index (χ2v) is 11.8. The van der Waals surface area contributed by atoms with Crippen LogP contribution in [-0.2, 0) is 6.54 Å². The molecular weight excluding hydrogens is 574 g/mol. The van der Waals surface area contributed by atoms with E-state index in [4.69, 9.17) is 15.0 Å². The van der Waals surface area contributed by atoms with E-state index in [1.54, 1.807) is 0 Å². The predicted molar refractivity (Wildman–Crippen MR) is 192 cm³/mol. The maximum atomic E-state index is 5.12. The Hall–Kier alpha value is -6.33. The van der Waals surface area contributed by atoms with Crippen LogP contribution in [0.4, 0.5) is 0 Å². The largest absolute Gasteiger partial charge is 0.385 e. The molecule has 0 aliphatic carbocycles. The third kappa shape index (κ3) is 4.86. The van der Waals surface area contributed by atoms with Crippen LogP contribution >= 0.6 is 0 Å². The van der Waals surface area contributed by atoms with Gasteiger partial charge in [0.25, 0.3) is 0 Å². The molecule has 1 aliphatic rings. The Morgan fingerprint density at radius 3 is 1.91 bits per heavy atom. The predicted octanol–water partition coefficient (Wildman–Crippen LogP) is 9.71. The summed E-state index contributed by atoms with van der Waals surface area (Å²) in [6.45, 7) is 0.744. The van der Waals surface area contributed by atoms with Crippen LogP contribution in [0, 0.1) is 0 Å². The summed E-state index contributed by atoms with van der Waals surface area (Å²) in [7, 11) is 0. The molecule has 0 unspecified atom stereocenters. The summed E-state index contributed by atoms with van der Waals surface area (Å²) in [6.07, 6.45) is 4.16. The van der Waals surface area contributed by atoms with E-state index in [1.807, 2.05) is 42.6 Å². The van der Waals surface area contributed by atoms with Gasteiger partial charge in [-0.1, -0.05) is 97.1 Å². The van der Waals surface area contributed by atoms with Crippen LogP contribution in [-0.4, -0.2) is 19.5 Å². The number of para-hydroxylation sites is 1. The maximum absolute atomic E-state index is 5.12. The van der Waals surface area contributed by atoms with Gasteiger partial charge in [-0.05, 0) is 82.7 Å². The Balaban J connectivity index is 1.03. The van der Waals surface area contributed by atoms with Gasteiger partial charge >= 0.3 is 0 Å². The van der Waals surface area contributed by atoms with Crippen LogP contribution in [0.5, 0.6) is 0 Å². The van der Waals surface area contributed by atoms with Crippen LogP contribution in [0.1, 0.15) is 11.3 Å². The van der Waals surface area contributed by atoms with E-state index in [0.29, 0.717) is 0 Å². The van der Waals surface area contributed by atoms with E-state index in [-0.39, 0.29) is 0 Å². The standard InChI is InChI=1S/C42H29N5/c1-2-9-31-26-32(23-20-28(31)8-1)29-18-21-30(22-19-29)35-11-5-12-36(44-35)37-13-6-14-38(45-37)39-15-7-17-42(46-39)47-40-16-4-3-10-33(40)34-24-25-43-27-41(34)47/h1-26,43H,27H2. The molecule has 1 aliphatic heterocycles. The molecule has 0 atom stereocenters. The number of aromatic nitrogens is 4. The number of nitrogens with zero attached hydrogens (tertiary/aromatic N) is 4. The fraction of sp³-hybridized carbons (Fsp3) is 0.0238. The molecule has 1 N–H and O–H groups in total. The lowest BCUT2D eigenvalue weighted by Gasteiger charge is -2.14. The lowest BCUT2D eigenvalue weighted by molar-refractivity contribution is 0.795. The summed E-state index contributed by atoms with van der Waals surface area (Å²) in [5.74, 6) is 0.872. The van der Waals surface area contributed by atoms with E-state index in [2.05, 4.69) is 125 Å². The van der Waals surface area contributed by atoms with Crippen molar-refractivity contribution in [2.24, 2.45) is 0 Å². The van der Waals surface area contributed by atoms with E-state index in [9.17, 15) is 0 Å². The fourth-order valence-corrected chi connectivity index (χ4v) is 6.59. The van der Waals surface area contributed by atoms with Gasteiger partial charge < -0.3 is 5.32 Å². The lowest BCUT2D eigenvalue weighted by Crippen LogP contribution is -2.14.